The number of aryl methyl sites for hydroxylation is 1. The van der Waals surface area contributed by atoms with E-state index in [1.807, 2.05) is 61.1 Å². The van der Waals surface area contributed by atoms with Crippen molar-refractivity contribution in [1.82, 2.24) is 9.55 Å². The molecular weight excluding hydrogens is 467 g/mol. The van der Waals surface area contributed by atoms with Crippen LogP contribution in [-0.2, 0) is 27.3 Å². The Morgan fingerprint density at radius 1 is 1.00 bits per heavy atom. The smallest absolute Gasteiger partial charge is 0.414 e. The van der Waals surface area contributed by atoms with Crippen molar-refractivity contribution in [2.75, 3.05) is 6.61 Å². The molecule has 1 aromatic heterocycles. The van der Waals surface area contributed by atoms with E-state index in [0.717, 1.165) is 35.0 Å². The molecule has 0 bridgehead atoms. The fourth-order valence-corrected chi connectivity index (χ4v) is 3.04. The topological polar surface area (TPSA) is 102 Å². The van der Waals surface area contributed by atoms with Crippen molar-refractivity contribution in [3.8, 4) is 0 Å². The van der Waals surface area contributed by atoms with Crippen molar-refractivity contribution >= 4 is 41.2 Å². The van der Waals surface area contributed by atoms with Gasteiger partial charge in [-0.3, -0.25) is 0 Å². The number of nitrogens with zero attached hydrogens (tertiary/aromatic N) is 2. The third kappa shape index (κ3) is 10.8. The molecule has 33 heavy (non-hydrogen) atoms. The lowest BCUT2D eigenvalue weighted by atomic mass is 10.1. The number of benzene rings is 2. The summed E-state index contributed by atoms with van der Waals surface area (Å²) in [6, 6.07) is 15.7. The van der Waals surface area contributed by atoms with E-state index < -0.39 is 11.9 Å². The van der Waals surface area contributed by atoms with E-state index in [1.54, 1.807) is 6.20 Å². The summed E-state index contributed by atoms with van der Waals surface area (Å²) in [7, 11) is 0. The predicted octanol–water partition coefficient (Wildman–Crippen LogP) is 5.08. The van der Waals surface area contributed by atoms with E-state index in [1.165, 1.54) is 5.56 Å². The zero-order valence-electron chi connectivity index (χ0n) is 17.7. The molecule has 3 rings (SSSR count). The maximum absolute atomic E-state index is 9.10. The van der Waals surface area contributed by atoms with Crippen molar-refractivity contribution in [3.05, 3.63) is 94.5 Å². The van der Waals surface area contributed by atoms with Crippen molar-refractivity contribution in [2.45, 2.75) is 25.5 Å². The Morgan fingerprint density at radius 3 is 2.15 bits per heavy atom. The van der Waals surface area contributed by atoms with E-state index >= 15 is 0 Å². The summed E-state index contributed by atoms with van der Waals surface area (Å²) in [5, 5.41) is 16.3. The SMILES string of the molecule is Clc1ccc(C=CCOC(CCc2ccc(Cl)cc2)Cn2ccnc2)cc1.O=C(O)C(=O)O. The summed E-state index contributed by atoms with van der Waals surface area (Å²) in [5.41, 5.74) is 2.37. The minimum atomic E-state index is -1.82. The molecule has 1 heterocycles. The highest BCUT2D eigenvalue weighted by Gasteiger charge is 2.10. The van der Waals surface area contributed by atoms with Crippen molar-refractivity contribution in [3.63, 3.8) is 0 Å². The van der Waals surface area contributed by atoms with Gasteiger partial charge in [-0.1, -0.05) is 59.6 Å². The van der Waals surface area contributed by atoms with Crippen LogP contribution in [0.2, 0.25) is 10.0 Å². The molecular formula is C24H24Cl2N2O5. The molecule has 7 nitrogen and oxygen atoms in total. The van der Waals surface area contributed by atoms with Crippen LogP contribution in [0.1, 0.15) is 17.5 Å². The molecule has 2 N–H and O–H groups in total. The highest BCUT2D eigenvalue weighted by molar-refractivity contribution is 6.30. The summed E-state index contributed by atoms with van der Waals surface area (Å²) in [6.07, 6.45) is 11.6. The van der Waals surface area contributed by atoms with E-state index in [0.29, 0.717) is 6.61 Å². The molecule has 2 aromatic carbocycles. The van der Waals surface area contributed by atoms with Gasteiger partial charge in [0.2, 0.25) is 0 Å². The number of aromatic nitrogens is 2. The lowest BCUT2D eigenvalue weighted by Crippen LogP contribution is -2.20. The lowest BCUT2D eigenvalue weighted by molar-refractivity contribution is -0.159. The van der Waals surface area contributed by atoms with Crippen LogP contribution in [0.3, 0.4) is 0 Å². The van der Waals surface area contributed by atoms with Gasteiger partial charge in [-0.05, 0) is 48.2 Å². The van der Waals surface area contributed by atoms with Crippen LogP contribution in [-0.4, -0.2) is 44.4 Å². The Labute approximate surface area is 201 Å². The van der Waals surface area contributed by atoms with Gasteiger partial charge >= 0.3 is 11.9 Å². The predicted molar refractivity (Wildman–Crippen MR) is 127 cm³/mol. The Morgan fingerprint density at radius 2 is 1.61 bits per heavy atom. The van der Waals surface area contributed by atoms with E-state index in [2.05, 4.69) is 21.7 Å². The number of rotatable bonds is 9. The number of aliphatic carboxylic acids is 2. The molecule has 0 spiro atoms. The molecule has 174 valence electrons. The van der Waals surface area contributed by atoms with Gasteiger partial charge in [0.05, 0.1) is 19.0 Å². The number of ether oxygens (including phenoxy) is 1. The van der Waals surface area contributed by atoms with Gasteiger partial charge < -0.3 is 19.5 Å². The summed E-state index contributed by atoms with van der Waals surface area (Å²) in [5.74, 6) is -3.65. The average molecular weight is 491 g/mol. The first kappa shape index (κ1) is 26.1. The number of carbonyl (C=O) groups is 2. The number of hydrogen-bond acceptors (Lipinski definition) is 4. The average Bonchev–Trinajstić information content (AvgIpc) is 3.30. The number of imidazole rings is 1. The number of hydrogen-bond donors (Lipinski definition) is 2. The van der Waals surface area contributed by atoms with Gasteiger partial charge in [0.25, 0.3) is 0 Å². The Balaban J connectivity index is 0.000000569. The van der Waals surface area contributed by atoms with Crippen LogP contribution in [0.15, 0.2) is 73.3 Å². The third-order valence-electron chi connectivity index (χ3n) is 4.43. The zero-order valence-corrected chi connectivity index (χ0v) is 19.2. The quantitative estimate of drug-likeness (QED) is 0.405. The largest absolute Gasteiger partial charge is 0.473 e. The van der Waals surface area contributed by atoms with Crippen LogP contribution in [0.25, 0.3) is 6.08 Å². The number of halogens is 2. The van der Waals surface area contributed by atoms with Crippen molar-refractivity contribution in [1.29, 1.82) is 0 Å². The second-order valence-corrected chi connectivity index (χ2v) is 7.82. The van der Waals surface area contributed by atoms with Crippen molar-refractivity contribution in [2.24, 2.45) is 0 Å². The standard InChI is InChI=1S/C22H22Cl2N2O.C2H2O4/c23-20-8-3-18(4-9-20)2-1-15-27-22(16-26-14-13-25-17-26)12-7-19-5-10-21(24)11-6-19;3-1(4)2(5)6/h1-6,8-11,13-14,17,22H,7,12,15-16H2;(H,3,4)(H,5,6). The van der Waals surface area contributed by atoms with Gasteiger partial charge in [-0.15, -0.1) is 0 Å². The number of carboxylic acids is 2. The second kappa shape index (κ2) is 14.1. The number of carboxylic acid groups (broad SMARTS) is 2. The van der Waals surface area contributed by atoms with Crippen LogP contribution in [0.5, 0.6) is 0 Å². The Bertz CT molecular complexity index is 1010. The Hall–Kier alpha value is -3.13. The Kier molecular flexibility index (Phi) is 11.2. The maximum atomic E-state index is 9.10. The summed E-state index contributed by atoms with van der Waals surface area (Å²) in [4.78, 5) is 22.3. The van der Waals surface area contributed by atoms with E-state index in [-0.39, 0.29) is 6.10 Å². The van der Waals surface area contributed by atoms with Gasteiger partial charge in [-0.2, -0.15) is 0 Å². The molecule has 1 unspecified atom stereocenters. The molecule has 0 fully saturated rings. The monoisotopic (exact) mass is 490 g/mol. The molecule has 1 atom stereocenters. The summed E-state index contributed by atoms with van der Waals surface area (Å²) in [6.45, 7) is 1.34. The van der Waals surface area contributed by atoms with Crippen LogP contribution in [0.4, 0.5) is 0 Å². The first-order chi connectivity index (χ1) is 15.8. The summed E-state index contributed by atoms with van der Waals surface area (Å²) < 4.78 is 8.17. The van der Waals surface area contributed by atoms with E-state index in [4.69, 9.17) is 47.7 Å². The molecule has 9 heteroatoms. The normalized spacial score (nSPS) is 11.6. The molecule has 0 aliphatic heterocycles. The molecule has 0 amide bonds. The second-order valence-electron chi connectivity index (χ2n) is 6.94. The summed E-state index contributed by atoms with van der Waals surface area (Å²) >= 11 is 11.9. The first-order valence-corrected chi connectivity index (χ1v) is 10.8. The molecule has 0 saturated heterocycles. The van der Waals surface area contributed by atoms with Gasteiger partial charge in [-0.25, -0.2) is 14.6 Å². The molecule has 0 saturated carbocycles. The fourth-order valence-electron chi connectivity index (χ4n) is 2.79. The fraction of sp³-hybridized carbons (Fsp3) is 0.208. The van der Waals surface area contributed by atoms with E-state index in [9.17, 15) is 0 Å². The third-order valence-corrected chi connectivity index (χ3v) is 4.94. The molecule has 0 aliphatic carbocycles. The van der Waals surface area contributed by atoms with Crippen LogP contribution < -0.4 is 0 Å². The van der Waals surface area contributed by atoms with Crippen molar-refractivity contribution < 1.29 is 24.5 Å². The first-order valence-electron chi connectivity index (χ1n) is 10.0. The zero-order chi connectivity index (χ0) is 24.1. The minimum Gasteiger partial charge on any atom is -0.473 e. The minimum absolute atomic E-state index is 0.102. The van der Waals surface area contributed by atoms with Crippen LogP contribution in [0, 0.1) is 0 Å². The lowest BCUT2D eigenvalue weighted by Gasteiger charge is -2.18. The van der Waals surface area contributed by atoms with Gasteiger partial charge in [0.15, 0.2) is 0 Å². The van der Waals surface area contributed by atoms with Gasteiger partial charge in [0.1, 0.15) is 0 Å². The van der Waals surface area contributed by atoms with Gasteiger partial charge in [0, 0.05) is 29.0 Å². The van der Waals surface area contributed by atoms with Crippen LogP contribution >= 0.6 is 23.2 Å². The molecule has 0 radical (unpaired) electrons. The molecule has 3 aromatic rings. The molecule has 0 aliphatic rings. The highest BCUT2D eigenvalue weighted by atomic mass is 35.5. The highest BCUT2D eigenvalue weighted by Crippen LogP contribution is 2.14. The maximum Gasteiger partial charge on any atom is 0.414 e.